The number of carbonyl (C=O) groups is 2. The molecule has 0 aliphatic heterocycles. The van der Waals surface area contributed by atoms with E-state index in [-0.39, 0.29) is 23.1 Å². The van der Waals surface area contributed by atoms with Crippen LogP contribution >= 0.6 is 0 Å². The maximum Gasteiger partial charge on any atom is 0.232 e. The molecule has 0 unspecified atom stereocenters. The summed E-state index contributed by atoms with van der Waals surface area (Å²) in [5.41, 5.74) is 0.751. The standard InChI is InChI=1S/C14H18O4/c1-8(2)6-7-10-9(3)11(15)13(17-4)14(18-5)12(10)16/h6-8H,1-5H3/b7-6+. The van der Waals surface area contributed by atoms with Gasteiger partial charge >= 0.3 is 0 Å². The van der Waals surface area contributed by atoms with Gasteiger partial charge in [0.15, 0.2) is 0 Å². The normalized spacial score (nSPS) is 17.2. The van der Waals surface area contributed by atoms with E-state index in [1.807, 2.05) is 19.9 Å². The Labute approximate surface area is 107 Å². The molecule has 0 atom stereocenters. The van der Waals surface area contributed by atoms with Crippen LogP contribution in [0.25, 0.3) is 0 Å². The van der Waals surface area contributed by atoms with Crippen LogP contribution in [0, 0.1) is 5.92 Å². The van der Waals surface area contributed by atoms with Gasteiger partial charge in [-0.2, -0.15) is 0 Å². The van der Waals surface area contributed by atoms with Crippen LogP contribution in [0.1, 0.15) is 20.8 Å². The Morgan fingerprint density at radius 1 is 1.00 bits per heavy atom. The predicted octanol–water partition coefficient (Wildman–Crippen LogP) is 2.17. The van der Waals surface area contributed by atoms with Gasteiger partial charge in [0.1, 0.15) is 0 Å². The van der Waals surface area contributed by atoms with Gasteiger partial charge in [0, 0.05) is 11.1 Å². The molecule has 0 aromatic rings. The van der Waals surface area contributed by atoms with Crippen LogP contribution in [0.5, 0.6) is 0 Å². The highest BCUT2D eigenvalue weighted by Crippen LogP contribution is 2.26. The summed E-state index contributed by atoms with van der Waals surface area (Å²) in [4.78, 5) is 24.2. The molecular formula is C14H18O4. The van der Waals surface area contributed by atoms with Crippen molar-refractivity contribution in [3.63, 3.8) is 0 Å². The van der Waals surface area contributed by atoms with Crippen LogP contribution in [0.2, 0.25) is 0 Å². The van der Waals surface area contributed by atoms with Crippen LogP contribution in [-0.4, -0.2) is 25.8 Å². The van der Waals surface area contributed by atoms with Gasteiger partial charge < -0.3 is 9.47 Å². The molecule has 0 fully saturated rings. The molecule has 18 heavy (non-hydrogen) atoms. The number of hydrogen-bond acceptors (Lipinski definition) is 4. The minimum atomic E-state index is -0.316. The van der Waals surface area contributed by atoms with E-state index < -0.39 is 0 Å². The van der Waals surface area contributed by atoms with Gasteiger partial charge in [-0.15, -0.1) is 0 Å². The summed E-state index contributed by atoms with van der Waals surface area (Å²) in [6, 6.07) is 0. The average Bonchev–Trinajstić information content (AvgIpc) is 2.32. The Kier molecular flexibility index (Phi) is 4.48. The molecule has 0 N–H and O–H groups in total. The third-order valence-corrected chi connectivity index (χ3v) is 2.66. The molecule has 0 spiro atoms. The lowest BCUT2D eigenvalue weighted by Gasteiger charge is -2.18. The highest BCUT2D eigenvalue weighted by atomic mass is 16.5. The van der Waals surface area contributed by atoms with Crippen molar-refractivity contribution in [1.29, 1.82) is 0 Å². The lowest BCUT2D eigenvalue weighted by Crippen LogP contribution is -2.24. The predicted molar refractivity (Wildman–Crippen MR) is 67.7 cm³/mol. The number of Topliss-reactive ketones (excluding diaryl/α,β-unsaturated/α-hetero) is 2. The molecule has 0 radical (unpaired) electrons. The van der Waals surface area contributed by atoms with E-state index in [4.69, 9.17) is 9.47 Å². The monoisotopic (exact) mass is 250 g/mol. The minimum absolute atomic E-state index is 0.0262. The first kappa shape index (κ1) is 14.2. The summed E-state index contributed by atoms with van der Waals surface area (Å²) in [6.45, 7) is 5.61. The van der Waals surface area contributed by atoms with Crippen molar-refractivity contribution in [2.75, 3.05) is 14.2 Å². The third kappa shape index (κ3) is 2.53. The molecule has 0 aromatic heterocycles. The van der Waals surface area contributed by atoms with Gasteiger partial charge in [-0.25, -0.2) is 0 Å². The molecule has 0 bridgehead atoms. The molecule has 0 saturated heterocycles. The van der Waals surface area contributed by atoms with Crippen molar-refractivity contribution in [2.24, 2.45) is 5.92 Å². The molecule has 1 aliphatic carbocycles. The van der Waals surface area contributed by atoms with E-state index in [2.05, 4.69) is 0 Å². The van der Waals surface area contributed by atoms with Crippen LogP contribution < -0.4 is 0 Å². The fraction of sp³-hybridized carbons (Fsp3) is 0.429. The number of allylic oxidation sites excluding steroid dienone is 4. The van der Waals surface area contributed by atoms with Crippen molar-refractivity contribution >= 4 is 11.6 Å². The number of hydrogen-bond donors (Lipinski definition) is 0. The van der Waals surface area contributed by atoms with E-state index in [1.54, 1.807) is 13.0 Å². The molecule has 0 saturated carbocycles. The summed E-state index contributed by atoms with van der Waals surface area (Å²) in [5.74, 6) is -0.383. The van der Waals surface area contributed by atoms with Crippen molar-refractivity contribution in [3.05, 3.63) is 34.8 Å². The fourth-order valence-corrected chi connectivity index (χ4v) is 1.65. The van der Waals surface area contributed by atoms with E-state index in [1.165, 1.54) is 14.2 Å². The lowest BCUT2D eigenvalue weighted by molar-refractivity contribution is -0.120. The quantitative estimate of drug-likeness (QED) is 0.717. The van der Waals surface area contributed by atoms with Gasteiger partial charge in [0.25, 0.3) is 0 Å². The third-order valence-electron chi connectivity index (χ3n) is 2.66. The molecule has 1 aliphatic rings. The number of carbonyl (C=O) groups excluding carboxylic acids is 2. The van der Waals surface area contributed by atoms with Crippen molar-refractivity contribution in [3.8, 4) is 0 Å². The molecule has 4 nitrogen and oxygen atoms in total. The number of ether oxygens (including phenoxy) is 2. The second-order valence-electron chi connectivity index (χ2n) is 4.37. The zero-order chi connectivity index (χ0) is 13.9. The fourth-order valence-electron chi connectivity index (χ4n) is 1.65. The first-order valence-electron chi connectivity index (χ1n) is 5.74. The van der Waals surface area contributed by atoms with Crippen LogP contribution in [0.15, 0.2) is 34.8 Å². The molecule has 0 aromatic carbocycles. The first-order valence-corrected chi connectivity index (χ1v) is 5.74. The highest BCUT2D eigenvalue weighted by molar-refractivity contribution is 6.24. The van der Waals surface area contributed by atoms with Gasteiger partial charge in [0.2, 0.25) is 23.1 Å². The van der Waals surface area contributed by atoms with E-state index in [0.717, 1.165) is 0 Å². The van der Waals surface area contributed by atoms with Gasteiger partial charge in [-0.1, -0.05) is 26.0 Å². The van der Waals surface area contributed by atoms with Gasteiger partial charge in [-0.3, -0.25) is 9.59 Å². The minimum Gasteiger partial charge on any atom is -0.489 e. The van der Waals surface area contributed by atoms with Crippen LogP contribution in [0.4, 0.5) is 0 Å². The highest BCUT2D eigenvalue weighted by Gasteiger charge is 2.33. The number of methoxy groups -OCH3 is 2. The molecule has 1 rings (SSSR count). The summed E-state index contributed by atoms with van der Waals surface area (Å²) in [7, 11) is 2.70. The zero-order valence-electron chi connectivity index (χ0n) is 11.4. The topological polar surface area (TPSA) is 52.6 Å². The summed E-state index contributed by atoms with van der Waals surface area (Å²) >= 11 is 0. The maximum atomic E-state index is 12.2. The van der Waals surface area contributed by atoms with Crippen molar-refractivity contribution < 1.29 is 19.1 Å². The lowest BCUT2D eigenvalue weighted by atomic mass is 9.92. The Bertz CT molecular complexity index is 464. The Morgan fingerprint density at radius 2 is 1.50 bits per heavy atom. The van der Waals surface area contributed by atoms with E-state index in [0.29, 0.717) is 17.1 Å². The Balaban J connectivity index is 3.26. The van der Waals surface area contributed by atoms with Gasteiger partial charge in [0.05, 0.1) is 14.2 Å². The van der Waals surface area contributed by atoms with E-state index in [9.17, 15) is 9.59 Å². The molecule has 0 heterocycles. The number of ketones is 2. The smallest absolute Gasteiger partial charge is 0.232 e. The second kappa shape index (κ2) is 5.67. The molecular weight excluding hydrogens is 232 g/mol. The second-order valence-corrected chi connectivity index (χ2v) is 4.37. The SMILES string of the molecule is COC1=C(OC)C(=O)C(/C=C/C(C)C)=C(C)C1=O. The molecule has 0 amide bonds. The van der Waals surface area contributed by atoms with Crippen LogP contribution in [-0.2, 0) is 19.1 Å². The van der Waals surface area contributed by atoms with Crippen molar-refractivity contribution in [2.45, 2.75) is 20.8 Å². The first-order chi connectivity index (χ1) is 8.43. The Morgan fingerprint density at radius 3 is 1.94 bits per heavy atom. The molecule has 4 heteroatoms. The maximum absolute atomic E-state index is 12.2. The Hall–Kier alpha value is -1.84. The average molecular weight is 250 g/mol. The summed E-state index contributed by atoms with van der Waals surface area (Å²) < 4.78 is 9.93. The van der Waals surface area contributed by atoms with Crippen LogP contribution in [0.3, 0.4) is 0 Å². The van der Waals surface area contributed by atoms with E-state index >= 15 is 0 Å². The zero-order valence-corrected chi connectivity index (χ0v) is 11.4. The number of rotatable bonds is 4. The largest absolute Gasteiger partial charge is 0.489 e. The summed E-state index contributed by atoms with van der Waals surface area (Å²) in [6.07, 6.45) is 3.54. The van der Waals surface area contributed by atoms with Gasteiger partial charge in [-0.05, 0) is 12.8 Å². The molecule has 98 valence electrons. The summed E-state index contributed by atoms with van der Waals surface area (Å²) in [5, 5.41) is 0. The van der Waals surface area contributed by atoms with Crippen molar-refractivity contribution in [1.82, 2.24) is 0 Å².